The maximum absolute atomic E-state index is 2.35. The Morgan fingerprint density at radius 1 is 0.278 bits per heavy atom. The highest BCUT2D eigenvalue weighted by atomic mass is 14.1. The van der Waals surface area contributed by atoms with Crippen LogP contribution in [0.5, 0.6) is 0 Å². The van der Waals surface area contributed by atoms with Crippen LogP contribution in [0.15, 0.2) is 0 Å². The first kappa shape index (κ1) is 36.0. The highest BCUT2D eigenvalue weighted by Gasteiger charge is 2.08. The molecule has 0 heteroatoms. The molecule has 1 atom stereocenters. The van der Waals surface area contributed by atoms with Crippen molar-refractivity contribution in [2.75, 3.05) is 0 Å². The van der Waals surface area contributed by atoms with E-state index in [1.165, 1.54) is 193 Å². The van der Waals surface area contributed by atoms with Gasteiger partial charge in [-0.2, -0.15) is 0 Å². The Labute approximate surface area is 232 Å². The van der Waals surface area contributed by atoms with Crippen molar-refractivity contribution in [3.63, 3.8) is 0 Å². The van der Waals surface area contributed by atoms with Gasteiger partial charge in [0.15, 0.2) is 0 Å². The molecule has 0 aliphatic carbocycles. The summed E-state index contributed by atoms with van der Waals surface area (Å²) in [5.74, 6) is 1.94. The monoisotopic (exact) mass is 507 g/mol. The topological polar surface area (TPSA) is 0 Å². The normalized spacial score (nSPS) is 12.6. The van der Waals surface area contributed by atoms with Crippen LogP contribution >= 0.6 is 0 Å². The predicted molar refractivity (Wildman–Crippen MR) is 168 cm³/mol. The summed E-state index contributed by atoms with van der Waals surface area (Å²) in [6.45, 7) is 9.36. The molecule has 0 radical (unpaired) electrons. The Morgan fingerprint density at radius 3 is 0.750 bits per heavy atom. The highest BCUT2D eigenvalue weighted by Crippen LogP contribution is 2.25. The lowest BCUT2D eigenvalue weighted by molar-refractivity contribution is 0.365. The number of hydrogen-bond acceptors (Lipinski definition) is 0. The van der Waals surface area contributed by atoms with Crippen LogP contribution < -0.4 is 0 Å². The van der Waals surface area contributed by atoms with Crippen LogP contribution in [0.3, 0.4) is 0 Å². The molecule has 0 fully saturated rings. The molecule has 0 amide bonds. The molecule has 0 aromatic heterocycles. The van der Waals surface area contributed by atoms with E-state index in [1.54, 1.807) is 0 Å². The molecule has 0 nitrogen and oxygen atoms in total. The van der Waals surface area contributed by atoms with Gasteiger partial charge in [0.25, 0.3) is 0 Å². The fourth-order valence-electron chi connectivity index (χ4n) is 5.97. The molecule has 218 valence electrons. The fraction of sp³-hybridized carbons (Fsp3) is 1.00. The van der Waals surface area contributed by atoms with Crippen LogP contribution in [0.1, 0.15) is 220 Å². The molecule has 0 saturated carbocycles. The van der Waals surface area contributed by atoms with Gasteiger partial charge in [0, 0.05) is 0 Å². The molecule has 1 unspecified atom stereocenters. The standard InChI is InChI=1S/C36H74/c1-5-7-9-11-25-29-33-36(32-28-23-10-8-6-2)34-30-26-22-20-18-16-14-12-13-15-17-19-21-24-27-31-35(3)4/h35-36H,5-34H2,1-4H3. The van der Waals surface area contributed by atoms with Crippen LogP contribution in [0, 0.1) is 11.8 Å². The molecule has 0 saturated heterocycles. The maximum atomic E-state index is 2.35. The summed E-state index contributed by atoms with van der Waals surface area (Å²) >= 11 is 0. The second-order valence-corrected chi connectivity index (χ2v) is 12.9. The van der Waals surface area contributed by atoms with Gasteiger partial charge in [0.1, 0.15) is 0 Å². The lowest BCUT2D eigenvalue weighted by Gasteiger charge is -2.17. The molecule has 0 spiro atoms. The summed E-state index contributed by atoms with van der Waals surface area (Å²) < 4.78 is 0. The lowest BCUT2D eigenvalue weighted by atomic mass is 9.89. The molecule has 0 heterocycles. The van der Waals surface area contributed by atoms with E-state index in [2.05, 4.69) is 27.7 Å². The second kappa shape index (κ2) is 31.2. The SMILES string of the molecule is CCCCCCCCC(CCCCCCC)CCCCCCCCCCCCCCCCCC(C)C. The van der Waals surface area contributed by atoms with E-state index in [0.717, 1.165) is 11.8 Å². The van der Waals surface area contributed by atoms with Gasteiger partial charge >= 0.3 is 0 Å². The third-order valence-corrected chi connectivity index (χ3v) is 8.58. The smallest absolute Gasteiger partial charge is 0.0414 e. The first-order valence-corrected chi connectivity index (χ1v) is 17.7. The van der Waals surface area contributed by atoms with E-state index in [4.69, 9.17) is 0 Å². The van der Waals surface area contributed by atoms with Gasteiger partial charge in [-0.05, 0) is 11.8 Å². The molecule has 0 aliphatic heterocycles. The van der Waals surface area contributed by atoms with Gasteiger partial charge in [0.2, 0.25) is 0 Å². The van der Waals surface area contributed by atoms with E-state index in [0.29, 0.717) is 0 Å². The third kappa shape index (κ3) is 30.2. The van der Waals surface area contributed by atoms with Crippen LogP contribution in [-0.4, -0.2) is 0 Å². The van der Waals surface area contributed by atoms with Crippen molar-refractivity contribution < 1.29 is 0 Å². The molecule has 0 bridgehead atoms. The second-order valence-electron chi connectivity index (χ2n) is 12.9. The Kier molecular flexibility index (Phi) is 31.2. The van der Waals surface area contributed by atoms with Crippen molar-refractivity contribution in [3.05, 3.63) is 0 Å². The zero-order valence-corrected chi connectivity index (χ0v) is 26.4. The molecule has 0 aromatic rings. The summed E-state index contributed by atoms with van der Waals surface area (Å²) in [6, 6.07) is 0. The number of rotatable bonds is 31. The highest BCUT2D eigenvalue weighted by molar-refractivity contribution is 4.62. The van der Waals surface area contributed by atoms with Gasteiger partial charge in [-0.3, -0.25) is 0 Å². The Hall–Kier alpha value is 0. The van der Waals surface area contributed by atoms with E-state index in [9.17, 15) is 0 Å². The Morgan fingerprint density at radius 2 is 0.500 bits per heavy atom. The van der Waals surface area contributed by atoms with Gasteiger partial charge in [0.05, 0.1) is 0 Å². The summed E-state index contributed by atoms with van der Waals surface area (Å²) in [5, 5.41) is 0. The number of unbranched alkanes of at least 4 members (excludes halogenated alkanes) is 23. The fourth-order valence-corrected chi connectivity index (χ4v) is 5.97. The van der Waals surface area contributed by atoms with E-state index >= 15 is 0 Å². The number of hydrogen-bond donors (Lipinski definition) is 0. The van der Waals surface area contributed by atoms with Gasteiger partial charge in [-0.25, -0.2) is 0 Å². The van der Waals surface area contributed by atoms with Gasteiger partial charge < -0.3 is 0 Å². The minimum absolute atomic E-state index is 0.895. The summed E-state index contributed by atoms with van der Waals surface area (Å²) in [4.78, 5) is 0. The molecular weight excluding hydrogens is 432 g/mol. The first-order valence-electron chi connectivity index (χ1n) is 17.7. The third-order valence-electron chi connectivity index (χ3n) is 8.58. The molecule has 36 heavy (non-hydrogen) atoms. The zero-order chi connectivity index (χ0) is 26.4. The van der Waals surface area contributed by atoms with Crippen LogP contribution in [0.4, 0.5) is 0 Å². The predicted octanol–water partition coefficient (Wildman–Crippen LogP) is 14.0. The molecule has 0 aliphatic rings. The Bertz CT molecular complexity index is 370. The van der Waals surface area contributed by atoms with Crippen molar-refractivity contribution in [2.24, 2.45) is 11.8 Å². The zero-order valence-electron chi connectivity index (χ0n) is 26.4. The Balaban J connectivity index is 3.55. The van der Waals surface area contributed by atoms with Crippen LogP contribution in [-0.2, 0) is 0 Å². The van der Waals surface area contributed by atoms with E-state index < -0.39 is 0 Å². The summed E-state index contributed by atoms with van der Waals surface area (Å²) in [5.41, 5.74) is 0. The molecule has 0 aromatic carbocycles. The molecular formula is C36H74. The average Bonchev–Trinajstić information content (AvgIpc) is 2.87. The van der Waals surface area contributed by atoms with Crippen LogP contribution in [0.2, 0.25) is 0 Å². The lowest BCUT2D eigenvalue weighted by Crippen LogP contribution is -2.01. The minimum atomic E-state index is 0.895. The molecule has 0 rings (SSSR count). The average molecular weight is 507 g/mol. The van der Waals surface area contributed by atoms with Crippen molar-refractivity contribution >= 4 is 0 Å². The van der Waals surface area contributed by atoms with E-state index in [-0.39, 0.29) is 0 Å². The van der Waals surface area contributed by atoms with Gasteiger partial charge in [-0.1, -0.05) is 220 Å². The van der Waals surface area contributed by atoms with Crippen LogP contribution in [0.25, 0.3) is 0 Å². The van der Waals surface area contributed by atoms with Gasteiger partial charge in [-0.15, -0.1) is 0 Å². The quantitative estimate of drug-likeness (QED) is 0.0820. The maximum Gasteiger partial charge on any atom is -0.0414 e. The summed E-state index contributed by atoms with van der Waals surface area (Å²) in [7, 11) is 0. The van der Waals surface area contributed by atoms with Crippen molar-refractivity contribution in [3.8, 4) is 0 Å². The van der Waals surface area contributed by atoms with Crippen molar-refractivity contribution in [2.45, 2.75) is 220 Å². The minimum Gasteiger partial charge on any atom is -0.0654 e. The summed E-state index contributed by atoms with van der Waals surface area (Å²) in [6.07, 6.45) is 44.4. The van der Waals surface area contributed by atoms with Crippen molar-refractivity contribution in [1.82, 2.24) is 0 Å². The molecule has 0 N–H and O–H groups in total. The van der Waals surface area contributed by atoms with E-state index in [1.807, 2.05) is 0 Å². The van der Waals surface area contributed by atoms with Crippen molar-refractivity contribution in [1.29, 1.82) is 0 Å². The first-order chi connectivity index (χ1) is 17.7. The largest absolute Gasteiger partial charge is 0.0654 e.